The summed E-state index contributed by atoms with van der Waals surface area (Å²) in [6.07, 6.45) is 0.661. The lowest BCUT2D eigenvalue weighted by Crippen LogP contribution is -2.12. The van der Waals surface area contributed by atoms with Crippen molar-refractivity contribution in [3.8, 4) is 28.0 Å². The number of aryl methyl sites for hydroxylation is 1. The number of rotatable bonds is 6. The summed E-state index contributed by atoms with van der Waals surface area (Å²) in [5.41, 5.74) is 3.05. The van der Waals surface area contributed by atoms with E-state index in [1.54, 1.807) is 36.4 Å². The lowest BCUT2D eigenvalue weighted by atomic mass is 10.0. The highest BCUT2D eigenvalue weighted by Crippen LogP contribution is 2.34. The van der Waals surface area contributed by atoms with E-state index in [2.05, 4.69) is 0 Å². The van der Waals surface area contributed by atoms with E-state index in [4.69, 9.17) is 9.47 Å². The Hall–Kier alpha value is -3.90. The van der Waals surface area contributed by atoms with Crippen molar-refractivity contribution in [3.05, 3.63) is 113 Å². The molecule has 1 atom stereocenters. The van der Waals surface area contributed by atoms with Crippen LogP contribution in [0.1, 0.15) is 34.5 Å². The van der Waals surface area contributed by atoms with Crippen LogP contribution in [0, 0.1) is 17.5 Å². The molecule has 4 aromatic rings. The molecule has 3 nitrogen and oxygen atoms in total. The van der Waals surface area contributed by atoms with Gasteiger partial charge in [-0.05, 0) is 52.9 Å². The molecule has 4 aromatic carbocycles. The second-order valence-electron chi connectivity index (χ2n) is 8.31. The van der Waals surface area contributed by atoms with Gasteiger partial charge in [0, 0.05) is 11.1 Å². The van der Waals surface area contributed by atoms with Gasteiger partial charge in [0.25, 0.3) is 0 Å². The van der Waals surface area contributed by atoms with Gasteiger partial charge in [-0.15, -0.1) is 0 Å². The maximum absolute atomic E-state index is 14.8. The standard InChI is InChI=1S/C29H21F3O3/c1-2-17-3-5-19(6-4-17)22-13-14-24(28(32)27(22)31)29(33)35-21-10-7-18(8-11-21)20-9-12-23(25(30)15-20)26-16-34-26/h3-15,26H,2,16H2,1H3. The highest BCUT2D eigenvalue weighted by atomic mass is 19.2. The lowest BCUT2D eigenvalue weighted by Gasteiger charge is -2.10. The van der Waals surface area contributed by atoms with E-state index < -0.39 is 23.2 Å². The quantitative estimate of drug-likeness (QED) is 0.167. The summed E-state index contributed by atoms with van der Waals surface area (Å²) in [4.78, 5) is 12.5. The summed E-state index contributed by atoms with van der Waals surface area (Å²) < 4.78 is 54.2. The van der Waals surface area contributed by atoms with Gasteiger partial charge in [0.15, 0.2) is 11.6 Å². The molecule has 1 aliphatic heterocycles. The molecule has 176 valence electrons. The number of carbonyl (C=O) groups excluding carboxylic acids is 1. The van der Waals surface area contributed by atoms with Gasteiger partial charge in [-0.25, -0.2) is 18.0 Å². The van der Waals surface area contributed by atoms with Gasteiger partial charge in [-0.3, -0.25) is 0 Å². The third-order valence-electron chi connectivity index (χ3n) is 6.05. The average Bonchev–Trinajstić information content (AvgIpc) is 3.71. The minimum absolute atomic E-state index is 0.0672. The van der Waals surface area contributed by atoms with Crippen LogP contribution in [0.2, 0.25) is 0 Å². The molecule has 0 saturated carbocycles. The topological polar surface area (TPSA) is 38.8 Å². The van der Waals surface area contributed by atoms with Crippen LogP contribution in [0.25, 0.3) is 22.3 Å². The second kappa shape index (κ2) is 9.39. The number of benzene rings is 4. The van der Waals surface area contributed by atoms with E-state index in [0.29, 0.717) is 28.9 Å². The van der Waals surface area contributed by atoms with E-state index in [-0.39, 0.29) is 23.2 Å². The first-order valence-corrected chi connectivity index (χ1v) is 11.3. The van der Waals surface area contributed by atoms with Crippen LogP contribution in [-0.2, 0) is 11.2 Å². The van der Waals surface area contributed by atoms with Crippen molar-refractivity contribution in [2.24, 2.45) is 0 Å². The van der Waals surface area contributed by atoms with Gasteiger partial charge < -0.3 is 9.47 Å². The van der Waals surface area contributed by atoms with E-state index >= 15 is 0 Å². The van der Waals surface area contributed by atoms with Crippen molar-refractivity contribution in [1.29, 1.82) is 0 Å². The van der Waals surface area contributed by atoms with E-state index in [0.717, 1.165) is 12.0 Å². The number of halogens is 3. The zero-order chi connectivity index (χ0) is 24.5. The van der Waals surface area contributed by atoms with Crippen LogP contribution >= 0.6 is 0 Å². The number of carbonyl (C=O) groups is 1. The van der Waals surface area contributed by atoms with E-state index in [1.807, 2.05) is 19.1 Å². The molecule has 5 rings (SSSR count). The summed E-state index contributed by atoms with van der Waals surface area (Å²) in [6, 6.07) is 21.0. The molecular formula is C29H21F3O3. The predicted molar refractivity (Wildman–Crippen MR) is 127 cm³/mol. The molecule has 0 spiro atoms. The summed E-state index contributed by atoms with van der Waals surface area (Å²) in [5, 5.41) is 0. The van der Waals surface area contributed by atoms with Gasteiger partial charge in [0.2, 0.25) is 0 Å². The predicted octanol–water partition coefficient (Wildman–Crippen LogP) is 7.29. The maximum atomic E-state index is 14.8. The molecule has 0 amide bonds. The summed E-state index contributed by atoms with van der Waals surface area (Å²) in [7, 11) is 0. The van der Waals surface area contributed by atoms with Crippen molar-refractivity contribution in [3.63, 3.8) is 0 Å². The first-order valence-electron chi connectivity index (χ1n) is 11.3. The first-order chi connectivity index (χ1) is 16.9. The zero-order valence-corrected chi connectivity index (χ0v) is 18.9. The largest absolute Gasteiger partial charge is 0.423 e. The van der Waals surface area contributed by atoms with E-state index in [9.17, 15) is 18.0 Å². The monoisotopic (exact) mass is 474 g/mol. The summed E-state index contributed by atoms with van der Waals surface area (Å²) in [5.74, 6) is -3.58. The fourth-order valence-corrected chi connectivity index (χ4v) is 3.92. The molecule has 1 unspecified atom stereocenters. The molecule has 1 saturated heterocycles. The molecule has 6 heteroatoms. The number of hydrogen-bond donors (Lipinski definition) is 0. The van der Waals surface area contributed by atoms with Crippen molar-refractivity contribution < 1.29 is 27.4 Å². The summed E-state index contributed by atoms with van der Waals surface area (Å²) in [6.45, 7) is 2.53. The number of esters is 1. The second-order valence-corrected chi connectivity index (χ2v) is 8.31. The van der Waals surface area contributed by atoms with Crippen LogP contribution in [0.3, 0.4) is 0 Å². The summed E-state index contributed by atoms with van der Waals surface area (Å²) >= 11 is 0. The van der Waals surface area contributed by atoms with Gasteiger partial charge in [0.1, 0.15) is 17.7 Å². The van der Waals surface area contributed by atoms with Gasteiger partial charge >= 0.3 is 5.97 Å². The van der Waals surface area contributed by atoms with Crippen molar-refractivity contribution in [1.82, 2.24) is 0 Å². The molecule has 0 aliphatic carbocycles. The Morgan fingerprint density at radius 3 is 2.14 bits per heavy atom. The number of epoxide rings is 1. The molecule has 0 N–H and O–H groups in total. The van der Waals surface area contributed by atoms with Crippen LogP contribution in [0.15, 0.2) is 78.9 Å². The van der Waals surface area contributed by atoms with E-state index in [1.165, 1.54) is 30.3 Å². The zero-order valence-electron chi connectivity index (χ0n) is 18.9. The maximum Gasteiger partial charge on any atom is 0.346 e. The average molecular weight is 474 g/mol. The van der Waals surface area contributed by atoms with Crippen molar-refractivity contribution in [2.75, 3.05) is 6.61 Å². The van der Waals surface area contributed by atoms with Crippen LogP contribution in [0.4, 0.5) is 13.2 Å². The Kier molecular flexibility index (Phi) is 6.14. The third-order valence-corrected chi connectivity index (χ3v) is 6.05. The van der Waals surface area contributed by atoms with Gasteiger partial charge in [-0.2, -0.15) is 0 Å². The smallest absolute Gasteiger partial charge is 0.346 e. The highest BCUT2D eigenvalue weighted by molar-refractivity contribution is 5.92. The molecule has 1 fully saturated rings. The Morgan fingerprint density at radius 2 is 1.51 bits per heavy atom. The number of hydrogen-bond acceptors (Lipinski definition) is 3. The molecule has 0 bridgehead atoms. The van der Waals surface area contributed by atoms with Crippen molar-refractivity contribution in [2.45, 2.75) is 19.4 Å². The fourth-order valence-electron chi connectivity index (χ4n) is 3.92. The SMILES string of the molecule is CCc1ccc(-c2ccc(C(=O)Oc3ccc(-c4ccc(C5CO5)c(F)c4)cc3)c(F)c2F)cc1. The Bertz CT molecular complexity index is 1390. The molecular weight excluding hydrogens is 453 g/mol. The molecule has 0 aromatic heterocycles. The Morgan fingerprint density at radius 1 is 0.857 bits per heavy atom. The highest BCUT2D eigenvalue weighted by Gasteiger charge is 2.28. The minimum Gasteiger partial charge on any atom is -0.423 e. The van der Waals surface area contributed by atoms with Gasteiger partial charge in [-0.1, -0.05) is 61.5 Å². The Balaban J connectivity index is 1.32. The minimum atomic E-state index is -1.26. The third kappa shape index (κ3) is 4.70. The van der Waals surface area contributed by atoms with Crippen LogP contribution in [-0.4, -0.2) is 12.6 Å². The first kappa shape index (κ1) is 22.9. The Labute approximate surface area is 200 Å². The van der Waals surface area contributed by atoms with Gasteiger partial charge in [0.05, 0.1) is 12.2 Å². The van der Waals surface area contributed by atoms with Crippen molar-refractivity contribution >= 4 is 5.97 Å². The fraction of sp³-hybridized carbons (Fsp3) is 0.138. The lowest BCUT2D eigenvalue weighted by molar-refractivity contribution is 0.0728. The molecule has 0 radical (unpaired) electrons. The molecule has 1 heterocycles. The molecule has 35 heavy (non-hydrogen) atoms. The molecule has 1 aliphatic rings. The van der Waals surface area contributed by atoms with Crippen LogP contribution in [0.5, 0.6) is 5.75 Å². The van der Waals surface area contributed by atoms with Crippen LogP contribution < -0.4 is 4.74 Å². The number of ether oxygens (including phenoxy) is 2. The normalized spacial score (nSPS) is 14.6.